The molecule has 1 aliphatic heterocycles. The van der Waals surface area contributed by atoms with Crippen LogP contribution >= 0.6 is 0 Å². The summed E-state index contributed by atoms with van der Waals surface area (Å²) in [5.41, 5.74) is 0.632. The van der Waals surface area contributed by atoms with E-state index in [1.165, 1.54) is 77.3 Å². The van der Waals surface area contributed by atoms with Crippen LogP contribution in [0.15, 0.2) is 0 Å². The van der Waals surface area contributed by atoms with Gasteiger partial charge in [0.2, 0.25) is 0 Å². The summed E-state index contributed by atoms with van der Waals surface area (Å²) in [5, 5.41) is 3.47. The topological polar surface area (TPSA) is 12.0 Å². The number of nitrogens with one attached hydrogen (secondary N) is 1. The van der Waals surface area contributed by atoms with Gasteiger partial charge in [-0.3, -0.25) is 0 Å². The first-order chi connectivity index (χ1) is 8.73. The minimum Gasteiger partial charge on any atom is -0.316 e. The fourth-order valence-electron chi connectivity index (χ4n) is 3.23. The van der Waals surface area contributed by atoms with Gasteiger partial charge in [0.25, 0.3) is 0 Å². The van der Waals surface area contributed by atoms with Gasteiger partial charge in [0.15, 0.2) is 0 Å². The Morgan fingerprint density at radius 3 is 1.67 bits per heavy atom. The first-order valence-corrected chi connectivity index (χ1v) is 8.43. The summed E-state index contributed by atoms with van der Waals surface area (Å²) in [6.45, 7) is 9.73. The van der Waals surface area contributed by atoms with Crippen LogP contribution in [0, 0.1) is 11.3 Å². The summed E-state index contributed by atoms with van der Waals surface area (Å²) < 4.78 is 0. The summed E-state index contributed by atoms with van der Waals surface area (Å²) in [4.78, 5) is 0. The van der Waals surface area contributed by atoms with Crippen molar-refractivity contribution >= 4 is 0 Å². The molecule has 0 aromatic heterocycles. The lowest BCUT2D eigenvalue weighted by atomic mass is 9.67. The molecule has 1 saturated heterocycles. The molecule has 1 aliphatic rings. The molecule has 1 nitrogen and oxygen atoms in total. The second-order valence-electron chi connectivity index (χ2n) is 6.63. The lowest BCUT2D eigenvalue weighted by Gasteiger charge is -2.44. The molecule has 0 saturated carbocycles. The van der Waals surface area contributed by atoms with Crippen LogP contribution in [0.3, 0.4) is 0 Å². The molecule has 0 unspecified atom stereocenters. The van der Waals surface area contributed by atoms with E-state index in [9.17, 15) is 0 Å². The second-order valence-corrected chi connectivity index (χ2v) is 6.63. The average molecular weight is 253 g/mol. The molecule has 0 bridgehead atoms. The van der Waals surface area contributed by atoms with Gasteiger partial charge in [-0.15, -0.1) is 0 Å². The number of hydrogen-bond acceptors (Lipinski definition) is 1. The smallest absolute Gasteiger partial charge is 0.000302 e. The Morgan fingerprint density at radius 1 is 0.833 bits per heavy atom. The molecule has 18 heavy (non-hydrogen) atoms. The minimum atomic E-state index is 0.632. The Labute approximate surface area is 115 Å². The van der Waals surface area contributed by atoms with Crippen molar-refractivity contribution in [1.82, 2.24) is 5.32 Å². The van der Waals surface area contributed by atoms with Gasteiger partial charge in [0.1, 0.15) is 0 Å². The van der Waals surface area contributed by atoms with Crippen LogP contribution in [-0.2, 0) is 0 Å². The van der Waals surface area contributed by atoms with Crippen molar-refractivity contribution in [2.24, 2.45) is 11.3 Å². The molecule has 1 N–H and O–H groups in total. The summed E-state index contributed by atoms with van der Waals surface area (Å²) in [6, 6.07) is 0. The number of hydrogen-bond donors (Lipinski definition) is 1. The van der Waals surface area contributed by atoms with Gasteiger partial charge >= 0.3 is 0 Å². The SMILES string of the molecule is CCCCCCC(C)(CCCCCC)C1CNC1. The molecule has 1 heterocycles. The van der Waals surface area contributed by atoms with Crippen LogP contribution in [0.2, 0.25) is 0 Å². The number of rotatable bonds is 11. The highest BCUT2D eigenvalue weighted by atomic mass is 15.0. The van der Waals surface area contributed by atoms with E-state index in [0.29, 0.717) is 5.41 Å². The third kappa shape index (κ3) is 5.30. The van der Waals surface area contributed by atoms with Gasteiger partial charge in [-0.25, -0.2) is 0 Å². The van der Waals surface area contributed by atoms with Crippen molar-refractivity contribution in [2.75, 3.05) is 13.1 Å². The molecule has 0 atom stereocenters. The Morgan fingerprint density at radius 2 is 1.33 bits per heavy atom. The predicted molar refractivity (Wildman–Crippen MR) is 82.0 cm³/mol. The minimum absolute atomic E-state index is 0.632. The maximum Gasteiger partial charge on any atom is -0.000302 e. The van der Waals surface area contributed by atoms with Crippen molar-refractivity contribution in [3.8, 4) is 0 Å². The van der Waals surface area contributed by atoms with E-state index >= 15 is 0 Å². The molecule has 0 spiro atoms. The highest BCUT2D eigenvalue weighted by Gasteiger charge is 2.36. The van der Waals surface area contributed by atoms with Gasteiger partial charge in [-0.1, -0.05) is 72.1 Å². The normalized spacial score (nSPS) is 16.8. The van der Waals surface area contributed by atoms with E-state index < -0.39 is 0 Å². The van der Waals surface area contributed by atoms with E-state index in [0.717, 1.165) is 5.92 Å². The molecule has 0 aromatic carbocycles. The average Bonchev–Trinajstić information content (AvgIpc) is 2.28. The lowest BCUT2D eigenvalue weighted by molar-refractivity contribution is 0.0944. The monoisotopic (exact) mass is 253 g/mol. The Bertz CT molecular complexity index is 184. The van der Waals surface area contributed by atoms with Crippen LogP contribution in [0.25, 0.3) is 0 Å². The standard InChI is InChI=1S/C17H35N/c1-4-6-8-10-12-17(3,16-14-18-15-16)13-11-9-7-5-2/h16,18H,4-15H2,1-3H3. The molecule has 0 aromatic rings. The van der Waals surface area contributed by atoms with Gasteiger partial charge < -0.3 is 5.32 Å². The zero-order valence-corrected chi connectivity index (χ0v) is 13.1. The lowest BCUT2D eigenvalue weighted by Crippen LogP contribution is -2.50. The maximum absolute atomic E-state index is 3.47. The van der Waals surface area contributed by atoms with E-state index in [1.54, 1.807) is 0 Å². The van der Waals surface area contributed by atoms with Gasteiger partial charge in [-0.05, 0) is 37.3 Å². The fraction of sp³-hybridized carbons (Fsp3) is 1.00. The summed E-state index contributed by atoms with van der Waals surface area (Å²) in [6.07, 6.45) is 14.3. The molecule has 108 valence electrons. The molecular weight excluding hydrogens is 218 g/mol. The molecule has 0 radical (unpaired) electrons. The highest BCUT2D eigenvalue weighted by molar-refractivity contribution is 4.90. The van der Waals surface area contributed by atoms with E-state index in [4.69, 9.17) is 0 Å². The van der Waals surface area contributed by atoms with E-state index in [-0.39, 0.29) is 0 Å². The fourth-order valence-corrected chi connectivity index (χ4v) is 3.23. The molecule has 1 heteroatoms. The van der Waals surface area contributed by atoms with E-state index in [2.05, 4.69) is 26.1 Å². The third-order valence-electron chi connectivity index (χ3n) is 4.97. The largest absolute Gasteiger partial charge is 0.316 e. The van der Waals surface area contributed by atoms with E-state index in [1.807, 2.05) is 0 Å². The van der Waals surface area contributed by atoms with Crippen molar-refractivity contribution in [3.63, 3.8) is 0 Å². The zero-order valence-electron chi connectivity index (χ0n) is 13.1. The molecule has 0 amide bonds. The van der Waals surface area contributed by atoms with Crippen LogP contribution in [0.4, 0.5) is 0 Å². The van der Waals surface area contributed by atoms with Crippen LogP contribution in [0.1, 0.15) is 85.0 Å². The van der Waals surface area contributed by atoms with Crippen molar-refractivity contribution in [1.29, 1.82) is 0 Å². The predicted octanol–water partition coefficient (Wildman–Crippen LogP) is 5.15. The maximum atomic E-state index is 3.47. The molecular formula is C17H35N. The molecule has 1 fully saturated rings. The third-order valence-corrected chi connectivity index (χ3v) is 4.97. The Kier molecular flexibility index (Phi) is 7.97. The molecule has 1 rings (SSSR count). The highest BCUT2D eigenvalue weighted by Crippen LogP contribution is 2.40. The van der Waals surface area contributed by atoms with Crippen LogP contribution < -0.4 is 5.32 Å². The van der Waals surface area contributed by atoms with Crippen LogP contribution in [-0.4, -0.2) is 13.1 Å². The summed E-state index contributed by atoms with van der Waals surface area (Å²) in [7, 11) is 0. The Hall–Kier alpha value is -0.0400. The first kappa shape index (κ1) is 16.0. The first-order valence-electron chi connectivity index (χ1n) is 8.43. The van der Waals surface area contributed by atoms with Gasteiger partial charge in [-0.2, -0.15) is 0 Å². The Balaban J connectivity index is 2.27. The van der Waals surface area contributed by atoms with Gasteiger partial charge in [0, 0.05) is 0 Å². The van der Waals surface area contributed by atoms with Gasteiger partial charge in [0.05, 0.1) is 0 Å². The quantitative estimate of drug-likeness (QED) is 0.502. The zero-order chi connectivity index (χ0) is 13.3. The van der Waals surface area contributed by atoms with Crippen LogP contribution in [0.5, 0.6) is 0 Å². The van der Waals surface area contributed by atoms with Crippen molar-refractivity contribution in [3.05, 3.63) is 0 Å². The second kappa shape index (κ2) is 8.96. The van der Waals surface area contributed by atoms with Crippen molar-refractivity contribution in [2.45, 2.75) is 85.0 Å². The summed E-state index contributed by atoms with van der Waals surface area (Å²) >= 11 is 0. The number of unbranched alkanes of at least 4 members (excludes halogenated alkanes) is 6. The van der Waals surface area contributed by atoms with Crippen molar-refractivity contribution < 1.29 is 0 Å². The summed E-state index contributed by atoms with van der Waals surface area (Å²) in [5.74, 6) is 0.959. The molecule has 0 aliphatic carbocycles.